The molecule has 5 nitrogen and oxygen atoms in total. The van der Waals surface area contributed by atoms with Gasteiger partial charge in [-0.05, 0) is 25.1 Å². The molecule has 0 fully saturated rings. The summed E-state index contributed by atoms with van der Waals surface area (Å²) >= 11 is 1.20. The van der Waals surface area contributed by atoms with Crippen LogP contribution in [-0.2, 0) is 9.59 Å². The Morgan fingerprint density at radius 1 is 1.39 bits per heavy atom. The van der Waals surface area contributed by atoms with Gasteiger partial charge in [0.25, 0.3) is 0 Å². The molecule has 1 aromatic carbocycles. The van der Waals surface area contributed by atoms with Gasteiger partial charge in [-0.3, -0.25) is 14.5 Å². The van der Waals surface area contributed by atoms with Gasteiger partial charge in [-0.25, -0.2) is 9.37 Å². The molecule has 2 aromatic rings. The minimum atomic E-state index is -0.502. The SMILES string of the molecule is CCNC(=O)C=Cc1csc(N(C(C)=O)c2ccccc2F)n1. The fourth-order valence-corrected chi connectivity index (χ4v) is 2.74. The van der Waals surface area contributed by atoms with Crippen LogP contribution in [0.2, 0.25) is 0 Å². The van der Waals surface area contributed by atoms with Gasteiger partial charge in [-0.2, -0.15) is 0 Å². The molecule has 120 valence electrons. The van der Waals surface area contributed by atoms with Gasteiger partial charge in [-0.1, -0.05) is 12.1 Å². The summed E-state index contributed by atoms with van der Waals surface area (Å²) in [6, 6.07) is 6.01. The summed E-state index contributed by atoms with van der Waals surface area (Å²) in [6.07, 6.45) is 2.91. The summed E-state index contributed by atoms with van der Waals surface area (Å²) in [7, 11) is 0. The summed E-state index contributed by atoms with van der Waals surface area (Å²) in [4.78, 5) is 28.8. The molecule has 0 bridgehead atoms. The number of likely N-dealkylation sites (N-methyl/N-ethyl adjacent to an activating group) is 1. The van der Waals surface area contributed by atoms with Crippen molar-refractivity contribution in [1.82, 2.24) is 10.3 Å². The lowest BCUT2D eigenvalue weighted by atomic mass is 10.3. The van der Waals surface area contributed by atoms with Crippen molar-refractivity contribution >= 4 is 40.0 Å². The topological polar surface area (TPSA) is 62.3 Å². The number of benzene rings is 1. The highest BCUT2D eigenvalue weighted by atomic mass is 32.1. The summed E-state index contributed by atoms with van der Waals surface area (Å²) in [5.74, 6) is -1.07. The zero-order valence-electron chi connectivity index (χ0n) is 12.7. The molecule has 0 unspecified atom stereocenters. The monoisotopic (exact) mass is 333 g/mol. The smallest absolute Gasteiger partial charge is 0.244 e. The van der Waals surface area contributed by atoms with E-state index in [9.17, 15) is 14.0 Å². The second-order valence-corrected chi connectivity index (χ2v) is 5.43. The number of halogens is 1. The molecule has 1 N–H and O–H groups in total. The first-order valence-corrected chi connectivity index (χ1v) is 7.87. The van der Waals surface area contributed by atoms with E-state index in [2.05, 4.69) is 10.3 Å². The molecule has 0 aliphatic heterocycles. The largest absolute Gasteiger partial charge is 0.353 e. The molecule has 0 radical (unpaired) electrons. The quantitative estimate of drug-likeness (QED) is 0.855. The second kappa shape index (κ2) is 7.64. The van der Waals surface area contributed by atoms with Crippen LogP contribution in [0.5, 0.6) is 0 Å². The van der Waals surface area contributed by atoms with E-state index in [4.69, 9.17) is 0 Å². The molecule has 23 heavy (non-hydrogen) atoms. The Labute approximate surface area is 137 Å². The van der Waals surface area contributed by atoms with Gasteiger partial charge < -0.3 is 5.32 Å². The highest BCUT2D eigenvalue weighted by Crippen LogP contribution is 2.30. The molecule has 2 amide bonds. The molecule has 0 saturated carbocycles. The molecule has 0 aliphatic carbocycles. The van der Waals surface area contributed by atoms with Crippen LogP contribution in [0.3, 0.4) is 0 Å². The van der Waals surface area contributed by atoms with Crippen LogP contribution < -0.4 is 10.2 Å². The highest BCUT2D eigenvalue weighted by Gasteiger charge is 2.20. The van der Waals surface area contributed by atoms with E-state index < -0.39 is 5.82 Å². The first kappa shape index (κ1) is 16.8. The van der Waals surface area contributed by atoms with Gasteiger partial charge in [0.15, 0.2) is 5.13 Å². The van der Waals surface area contributed by atoms with Crippen molar-refractivity contribution in [3.05, 3.63) is 47.2 Å². The normalized spacial score (nSPS) is 10.7. The van der Waals surface area contributed by atoms with E-state index in [1.807, 2.05) is 6.92 Å². The number of anilines is 2. The van der Waals surface area contributed by atoms with Crippen LogP contribution in [0.15, 0.2) is 35.7 Å². The Kier molecular flexibility index (Phi) is 5.59. The number of nitrogens with zero attached hydrogens (tertiary/aromatic N) is 2. The Bertz CT molecular complexity index is 742. The molecule has 0 atom stereocenters. The third kappa shape index (κ3) is 4.23. The average molecular weight is 333 g/mol. The van der Waals surface area contributed by atoms with E-state index in [-0.39, 0.29) is 17.5 Å². The number of thiazole rings is 1. The number of aromatic nitrogens is 1. The second-order valence-electron chi connectivity index (χ2n) is 4.59. The van der Waals surface area contributed by atoms with E-state index >= 15 is 0 Å². The van der Waals surface area contributed by atoms with E-state index in [0.717, 1.165) is 0 Å². The van der Waals surface area contributed by atoms with Gasteiger partial charge >= 0.3 is 0 Å². The zero-order valence-corrected chi connectivity index (χ0v) is 13.6. The lowest BCUT2D eigenvalue weighted by molar-refractivity contribution is -0.117. The molecule has 0 saturated heterocycles. The van der Waals surface area contributed by atoms with Gasteiger partial charge in [0.2, 0.25) is 11.8 Å². The number of rotatable bonds is 5. The van der Waals surface area contributed by atoms with Crippen molar-refractivity contribution in [2.75, 3.05) is 11.4 Å². The molecule has 7 heteroatoms. The van der Waals surface area contributed by atoms with Crippen LogP contribution in [0.25, 0.3) is 6.08 Å². The van der Waals surface area contributed by atoms with Gasteiger partial charge in [0.1, 0.15) is 5.82 Å². The van der Waals surface area contributed by atoms with Crippen LogP contribution in [0.1, 0.15) is 19.5 Å². The summed E-state index contributed by atoms with van der Waals surface area (Å²) < 4.78 is 13.9. The van der Waals surface area contributed by atoms with E-state index in [1.54, 1.807) is 23.6 Å². The number of hydrogen-bond acceptors (Lipinski definition) is 4. The predicted molar refractivity (Wildman–Crippen MR) is 89.1 cm³/mol. The van der Waals surface area contributed by atoms with E-state index in [0.29, 0.717) is 17.4 Å². The lowest BCUT2D eigenvalue weighted by Crippen LogP contribution is -2.23. The Morgan fingerprint density at radius 2 is 2.13 bits per heavy atom. The third-order valence-corrected chi connectivity index (χ3v) is 3.71. The average Bonchev–Trinajstić information content (AvgIpc) is 2.96. The first-order chi connectivity index (χ1) is 11.0. The summed E-state index contributed by atoms with van der Waals surface area (Å²) in [5.41, 5.74) is 0.674. The minimum absolute atomic E-state index is 0.147. The van der Waals surface area contributed by atoms with Crippen LogP contribution >= 0.6 is 11.3 Å². The molecular weight excluding hydrogens is 317 g/mol. The maximum atomic E-state index is 13.9. The Balaban J connectivity index is 2.27. The van der Waals surface area contributed by atoms with Crippen LogP contribution in [0.4, 0.5) is 15.2 Å². The van der Waals surface area contributed by atoms with Crippen molar-refractivity contribution in [2.45, 2.75) is 13.8 Å². The third-order valence-electron chi connectivity index (χ3n) is 2.87. The lowest BCUT2D eigenvalue weighted by Gasteiger charge is -2.18. The maximum absolute atomic E-state index is 13.9. The fraction of sp³-hybridized carbons (Fsp3) is 0.188. The van der Waals surface area contributed by atoms with Crippen molar-refractivity contribution in [1.29, 1.82) is 0 Å². The van der Waals surface area contributed by atoms with Gasteiger partial charge in [-0.15, -0.1) is 11.3 Å². The Hall–Kier alpha value is -2.54. The number of hydrogen-bond donors (Lipinski definition) is 1. The van der Waals surface area contributed by atoms with Crippen molar-refractivity contribution in [2.24, 2.45) is 0 Å². The van der Waals surface area contributed by atoms with Crippen LogP contribution in [0, 0.1) is 5.82 Å². The molecule has 1 aromatic heterocycles. The van der Waals surface area contributed by atoms with Crippen molar-refractivity contribution in [3.63, 3.8) is 0 Å². The number of carbonyl (C=O) groups is 2. The van der Waals surface area contributed by atoms with Gasteiger partial charge in [0, 0.05) is 24.9 Å². The minimum Gasteiger partial charge on any atom is -0.353 e. The van der Waals surface area contributed by atoms with E-state index in [1.165, 1.54) is 41.4 Å². The predicted octanol–water partition coefficient (Wildman–Crippen LogP) is 3.12. The number of para-hydroxylation sites is 1. The standard InChI is InChI=1S/C16H16FN3O2S/c1-3-18-15(22)9-8-12-10-23-16(19-12)20(11(2)21)14-7-5-4-6-13(14)17/h4-10H,3H2,1-2H3,(H,18,22). The molecule has 0 spiro atoms. The summed E-state index contributed by atoms with van der Waals surface area (Å²) in [5, 5.41) is 4.67. The summed E-state index contributed by atoms with van der Waals surface area (Å²) in [6.45, 7) is 3.71. The zero-order chi connectivity index (χ0) is 16.8. The number of nitrogens with one attached hydrogen (secondary N) is 1. The number of carbonyl (C=O) groups excluding carboxylic acids is 2. The first-order valence-electron chi connectivity index (χ1n) is 6.99. The molecule has 1 heterocycles. The van der Waals surface area contributed by atoms with Gasteiger partial charge in [0.05, 0.1) is 11.4 Å². The molecule has 2 rings (SSSR count). The molecular formula is C16H16FN3O2S. The Morgan fingerprint density at radius 3 is 2.78 bits per heavy atom. The molecule has 0 aliphatic rings. The van der Waals surface area contributed by atoms with Crippen LogP contribution in [-0.4, -0.2) is 23.3 Å². The highest BCUT2D eigenvalue weighted by molar-refractivity contribution is 7.14. The van der Waals surface area contributed by atoms with Crippen molar-refractivity contribution < 1.29 is 14.0 Å². The van der Waals surface area contributed by atoms with Crippen molar-refractivity contribution in [3.8, 4) is 0 Å². The number of amides is 2. The fourth-order valence-electron chi connectivity index (χ4n) is 1.89. The maximum Gasteiger partial charge on any atom is 0.244 e.